The lowest BCUT2D eigenvalue weighted by Crippen LogP contribution is -2.75. The van der Waals surface area contributed by atoms with E-state index in [1.807, 2.05) is 0 Å². The van der Waals surface area contributed by atoms with E-state index >= 15 is 0 Å². The van der Waals surface area contributed by atoms with Gasteiger partial charge in [0.1, 0.15) is 0 Å². The zero-order valence-electron chi connectivity index (χ0n) is 78.6. The molecule has 0 radical (unpaired) electrons. The lowest BCUT2D eigenvalue weighted by molar-refractivity contribution is 0.474. The van der Waals surface area contributed by atoms with Crippen molar-refractivity contribution in [3.05, 3.63) is 0 Å². The zero-order valence-corrected chi connectivity index (χ0v) is 78.6. The summed E-state index contributed by atoms with van der Waals surface area (Å²) in [6.45, 7) is 76.6. The molecule has 0 bridgehead atoms. The molecule has 0 aromatic heterocycles. The third-order valence-electron chi connectivity index (χ3n) is 25.4. The summed E-state index contributed by atoms with van der Waals surface area (Å²) in [7, 11) is 32.4. The fourth-order valence-corrected chi connectivity index (χ4v) is 16.6. The number of nitrogens with zero attached hydrogens (tertiary/aromatic N) is 17. The van der Waals surface area contributed by atoms with Gasteiger partial charge in [0.15, 0.2) is 0 Å². The smallest absolute Gasteiger partial charge is 0.289 e. The first-order chi connectivity index (χ1) is 50.6. The summed E-state index contributed by atoms with van der Waals surface area (Å²) >= 11 is 0. The van der Waals surface area contributed by atoms with Gasteiger partial charge in [-0.2, -0.15) is 0 Å². The van der Waals surface area contributed by atoms with Crippen molar-refractivity contribution in [2.45, 2.75) is 249 Å². The third-order valence-corrected chi connectivity index (χ3v) is 25.4. The molecule has 9 rings (SSSR count). The first-order valence-corrected chi connectivity index (χ1v) is 43.5. The minimum atomic E-state index is 0.432. The van der Waals surface area contributed by atoms with Crippen LogP contribution in [0.1, 0.15) is 95.9 Å². The quantitative estimate of drug-likeness (QED) is 0.105. The van der Waals surface area contributed by atoms with Gasteiger partial charge in [-0.15, -0.1) is 0 Å². The van der Waals surface area contributed by atoms with Gasteiger partial charge in [0.05, 0.1) is 0 Å². The molecule has 9 heterocycles. The molecule has 0 amide bonds. The van der Waals surface area contributed by atoms with Crippen LogP contribution in [0.3, 0.4) is 0 Å². The van der Waals surface area contributed by atoms with Crippen LogP contribution in [0.2, 0.25) is 153 Å². The van der Waals surface area contributed by atoms with Crippen LogP contribution in [0.5, 0.6) is 0 Å². The minimum Gasteiger partial charge on any atom is -0.372 e. The molecule has 594 valence electrons. The van der Waals surface area contributed by atoms with Gasteiger partial charge >= 0.3 is 0 Å². The third kappa shape index (κ3) is 34.2. The monoisotopic (exact) mass is 1490 g/mol. The molecule has 9 aliphatic heterocycles. The Balaban J connectivity index is 0.000000610. The average Bonchev–Trinajstić information content (AvgIpc) is 0.783. The second-order valence-corrected chi connectivity index (χ2v) is 33.1. The highest BCUT2D eigenvalue weighted by Gasteiger charge is 2.47. The maximum absolute atomic E-state index is 3.57. The van der Waals surface area contributed by atoms with Crippen molar-refractivity contribution in [2.24, 2.45) is 0 Å². The lowest BCUT2D eigenvalue weighted by atomic mass is 9.42. The first kappa shape index (κ1) is 107. The summed E-state index contributed by atoms with van der Waals surface area (Å²) in [4.78, 5) is 0. The molecule has 0 spiro atoms. The zero-order chi connectivity index (χ0) is 82.9. The Bertz CT molecular complexity index is 2000. The summed E-state index contributed by atoms with van der Waals surface area (Å²) < 4.78 is 40.6. The molecule has 0 atom stereocenters. The highest BCUT2D eigenvalue weighted by Crippen LogP contribution is 2.22. The molecule has 9 aliphatic rings. The van der Waals surface area contributed by atoms with E-state index in [-0.39, 0.29) is 0 Å². The van der Waals surface area contributed by atoms with E-state index in [1.54, 1.807) is 0 Å². The van der Waals surface area contributed by atoms with Gasteiger partial charge in [-0.3, -0.25) is 0 Å². The van der Waals surface area contributed by atoms with Crippen LogP contribution in [-0.2, 0) is 0 Å². The fraction of sp³-hybridized carbons (Fsp3) is 1.00. The molecule has 0 unspecified atom stereocenters. The molecule has 10 N–H and O–H groups in total. The van der Waals surface area contributed by atoms with Crippen LogP contribution in [0.25, 0.3) is 0 Å². The van der Waals surface area contributed by atoms with Gasteiger partial charge in [-0.1, -0.05) is 198 Å². The average molecular weight is 1480 g/mol. The molecule has 9 fully saturated rings. The van der Waals surface area contributed by atoms with Crippen molar-refractivity contribution >= 4 is 191 Å². The van der Waals surface area contributed by atoms with Crippen molar-refractivity contribution < 1.29 is 0 Å². The molecular formula is C54H162B27N27. The Morgan fingerprint density at radius 2 is 0.500 bits per heavy atom. The Labute approximate surface area is 685 Å². The summed E-state index contributed by atoms with van der Waals surface area (Å²) in [5, 5.41) is 34.9. The lowest BCUT2D eigenvalue weighted by Gasteiger charge is -2.52. The van der Waals surface area contributed by atoms with Crippen molar-refractivity contribution in [1.29, 1.82) is 0 Å². The van der Waals surface area contributed by atoms with Crippen LogP contribution in [-0.4, -0.2) is 389 Å². The SMILES string of the molecule is CB1N(C)B(C)N(C)B(C)N1C.CB1NB(C)N(C)B(C)N1.CB1NB(C)N(C)BN1C.CB1NB(C)N(C)BN1C.CCB1N(C)B(CC)N(CC)B(C)N1CC.CCB1NB(C)N(CC)BN1C.CCB1NB(C)N(CC)BN1C.CCB1NB(C)NB(CC)N1C.CCCB1NB(C)NB(CCC)N1C. The van der Waals surface area contributed by atoms with Gasteiger partial charge in [0.25, 0.3) is 191 Å². The Hall–Kier alpha value is 0.673. The summed E-state index contributed by atoms with van der Waals surface area (Å²) in [5.74, 6) is 0. The van der Waals surface area contributed by atoms with E-state index in [0.29, 0.717) is 161 Å². The molecule has 27 nitrogen and oxygen atoms in total. The van der Waals surface area contributed by atoms with E-state index < -0.39 is 0 Å². The summed E-state index contributed by atoms with van der Waals surface area (Å²) in [6, 6.07) is 0. The maximum atomic E-state index is 3.57. The van der Waals surface area contributed by atoms with Crippen LogP contribution in [0, 0.1) is 0 Å². The number of hydrogen-bond donors (Lipinski definition) is 10. The van der Waals surface area contributed by atoms with Gasteiger partial charge in [0, 0.05) is 0 Å². The topological polar surface area (TPSA) is 175 Å². The standard InChI is InChI=1S/C10H26B3N3.C8H22B3N3.4C6H18B3N3.3C4H14B3N3/c1-7-12-14(6)13(8-2)16(10-4)11(5)15(12)9-3;1-5-7-10-12-9(3)13-11(8-6-2)14(10)4;1-7-10(4)8(2)12(6)9(3)11(7)5;2*1-5-9-10-8(3)12(6-2)7-11(9)4;1-5-8-10-7(3)11-9(6-2)12(8)4;2*1-6-8-7(2)10(4)5-9(6)3;1-5-8-6(2)10(4)7(3)9-5/h7-10H2,1-6H3;12-13H,5-8H2,1-4H3;1-6H3;2*7,10H,5-6H2,1-4H3;10-11H,5-6H2,1-4H3;2*5,8H,1-4H3;8-9H,1-4H3. The predicted octanol–water partition coefficient (Wildman–Crippen LogP) is -0.0220. The van der Waals surface area contributed by atoms with E-state index in [1.165, 1.54) is 63.4 Å². The molecule has 0 saturated carbocycles. The molecule has 54 heteroatoms. The van der Waals surface area contributed by atoms with Crippen LogP contribution in [0.4, 0.5) is 0 Å². The number of nitrogens with one attached hydrogen (secondary N) is 10. The Morgan fingerprint density at radius 1 is 0.222 bits per heavy atom. The first-order valence-electron chi connectivity index (χ1n) is 43.5. The normalized spacial score (nSPS) is 21.6. The second kappa shape index (κ2) is 55.4. The van der Waals surface area contributed by atoms with E-state index in [4.69, 9.17) is 0 Å². The molecule has 0 aromatic carbocycles. The highest BCUT2D eigenvalue weighted by molar-refractivity contribution is 6.90. The summed E-state index contributed by atoms with van der Waals surface area (Å²) in [6.07, 6.45) is 12.1. The van der Waals surface area contributed by atoms with E-state index in [2.05, 4.69) is 409 Å². The van der Waals surface area contributed by atoms with Crippen molar-refractivity contribution in [3.63, 3.8) is 0 Å². The predicted molar refractivity (Wildman–Crippen MR) is 524 cm³/mol. The Kier molecular flexibility index (Phi) is 54.8. The molecule has 0 aliphatic carbocycles. The van der Waals surface area contributed by atoms with Crippen LogP contribution in [0.15, 0.2) is 0 Å². The largest absolute Gasteiger partial charge is 0.372 e. The van der Waals surface area contributed by atoms with Gasteiger partial charge in [-0.25, -0.2) is 0 Å². The van der Waals surface area contributed by atoms with Gasteiger partial charge < -0.3 is 132 Å². The number of hydrogen-bond acceptors (Lipinski definition) is 27. The van der Waals surface area contributed by atoms with Gasteiger partial charge in [0.2, 0.25) is 0 Å². The molecule has 108 heavy (non-hydrogen) atoms. The summed E-state index contributed by atoms with van der Waals surface area (Å²) in [5.41, 5.74) is 0. The van der Waals surface area contributed by atoms with Crippen LogP contribution < -0.4 is 51.4 Å². The van der Waals surface area contributed by atoms with E-state index in [0.717, 1.165) is 56.4 Å². The second-order valence-electron chi connectivity index (χ2n) is 33.1. The maximum Gasteiger partial charge on any atom is 0.289 e. The molecular weight excluding hydrogens is 1320 g/mol. The van der Waals surface area contributed by atoms with Crippen molar-refractivity contribution in [3.8, 4) is 0 Å². The minimum absolute atomic E-state index is 0.432. The van der Waals surface area contributed by atoms with Crippen molar-refractivity contribution in [1.82, 2.24) is 132 Å². The Morgan fingerprint density at radius 3 is 0.750 bits per heavy atom. The van der Waals surface area contributed by atoms with E-state index in [9.17, 15) is 0 Å². The highest BCUT2D eigenvalue weighted by atomic mass is 15.3. The number of rotatable bonds is 14. The fourth-order valence-electron chi connectivity index (χ4n) is 16.6. The van der Waals surface area contributed by atoms with Crippen LogP contribution >= 0.6 is 0 Å². The van der Waals surface area contributed by atoms with Crippen molar-refractivity contribution in [2.75, 3.05) is 118 Å². The van der Waals surface area contributed by atoms with Gasteiger partial charge in [-0.05, 0) is 168 Å². The molecule has 9 saturated heterocycles. The molecule has 0 aromatic rings.